The molecule has 0 spiro atoms. The van der Waals surface area contributed by atoms with E-state index in [1.165, 1.54) is 0 Å². The Balaban J connectivity index is 2.06. The fourth-order valence-electron chi connectivity index (χ4n) is 2.66. The molecule has 1 aromatic carbocycles. The molecule has 112 valence electrons. The molecule has 1 aromatic rings. The molecule has 2 rings (SSSR count). The molecule has 0 unspecified atom stereocenters. The summed E-state index contributed by atoms with van der Waals surface area (Å²) in [6.45, 7) is 8.85. The zero-order valence-electron chi connectivity index (χ0n) is 12.8. The van der Waals surface area contributed by atoms with Crippen LogP contribution in [0.25, 0.3) is 0 Å². The number of nitrogen functional groups attached to an aromatic ring is 1. The number of hydrogen-bond acceptors (Lipinski definition) is 4. The highest BCUT2D eigenvalue weighted by atomic mass is 16.5. The fraction of sp³-hybridized carbons (Fsp3) is 0.625. The highest BCUT2D eigenvalue weighted by molar-refractivity contribution is 5.74. The van der Waals surface area contributed by atoms with E-state index in [0.29, 0.717) is 6.10 Å². The lowest BCUT2D eigenvalue weighted by Gasteiger charge is -2.34. The number of rotatable bonds is 5. The third-order valence-electron chi connectivity index (χ3n) is 3.59. The van der Waals surface area contributed by atoms with Crippen LogP contribution in [-0.2, 0) is 4.74 Å². The molecule has 1 aliphatic heterocycles. The molecular weight excluding hydrogens is 252 g/mol. The van der Waals surface area contributed by atoms with Gasteiger partial charge in [-0.2, -0.15) is 0 Å². The molecule has 1 aliphatic rings. The average molecular weight is 278 g/mol. The van der Waals surface area contributed by atoms with Crippen LogP contribution in [0, 0.1) is 0 Å². The van der Waals surface area contributed by atoms with Crippen molar-refractivity contribution < 1.29 is 9.47 Å². The number of piperidine rings is 1. The smallest absolute Gasteiger partial charge is 0.144 e. The first-order chi connectivity index (χ1) is 9.61. The van der Waals surface area contributed by atoms with Gasteiger partial charge in [-0.05, 0) is 45.7 Å². The van der Waals surface area contributed by atoms with E-state index >= 15 is 0 Å². The topological polar surface area (TPSA) is 47.7 Å². The van der Waals surface area contributed by atoms with Crippen LogP contribution in [-0.4, -0.2) is 31.9 Å². The molecular formula is C16H26N2O2. The Kier molecular flexibility index (Phi) is 5.12. The van der Waals surface area contributed by atoms with Crippen molar-refractivity contribution in [3.63, 3.8) is 0 Å². The van der Waals surface area contributed by atoms with Crippen molar-refractivity contribution in [2.45, 2.75) is 45.8 Å². The van der Waals surface area contributed by atoms with Crippen LogP contribution in [0.5, 0.6) is 5.75 Å². The van der Waals surface area contributed by atoms with Gasteiger partial charge in [-0.15, -0.1) is 0 Å². The van der Waals surface area contributed by atoms with Crippen molar-refractivity contribution >= 4 is 11.4 Å². The molecule has 0 amide bonds. The third kappa shape index (κ3) is 3.57. The molecule has 0 aromatic heterocycles. The summed E-state index contributed by atoms with van der Waals surface area (Å²) >= 11 is 0. The van der Waals surface area contributed by atoms with Crippen LogP contribution in [0.1, 0.15) is 33.6 Å². The van der Waals surface area contributed by atoms with Gasteiger partial charge in [-0.3, -0.25) is 0 Å². The Labute approximate surface area is 121 Å². The van der Waals surface area contributed by atoms with E-state index in [4.69, 9.17) is 15.2 Å². The number of anilines is 2. The molecule has 0 bridgehead atoms. The Morgan fingerprint density at radius 1 is 1.30 bits per heavy atom. The number of ether oxygens (including phenoxy) is 2. The van der Waals surface area contributed by atoms with E-state index in [2.05, 4.69) is 17.9 Å². The maximum absolute atomic E-state index is 6.26. The molecule has 0 aliphatic carbocycles. The zero-order chi connectivity index (χ0) is 14.5. The predicted octanol–water partition coefficient (Wildman–Crippen LogP) is 3.06. The second-order valence-corrected chi connectivity index (χ2v) is 5.50. The molecule has 0 radical (unpaired) electrons. The molecule has 2 N–H and O–H groups in total. The first-order valence-electron chi connectivity index (χ1n) is 7.53. The van der Waals surface area contributed by atoms with Crippen molar-refractivity contribution in [2.75, 3.05) is 30.3 Å². The van der Waals surface area contributed by atoms with Crippen LogP contribution >= 0.6 is 0 Å². The minimum atomic E-state index is 0.135. The number of para-hydroxylation sites is 1. The summed E-state index contributed by atoms with van der Waals surface area (Å²) < 4.78 is 11.5. The Bertz CT molecular complexity index is 426. The highest BCUT2D eigenvalue weighted by Gasteiger charge is 2.21. The quantitative estimate of drug-likeness (QED) is 0.841. The van der Waals surface area contributed by atoms with Gasteiger partial charge in [0, 0.05) is 19.7 Å². The van der Waals surface area contributed by atoms with Crippen LogP contribution < -0.4 is 15.4 Å². The predicted molar refractivity (Wildman–Crippen MR) is 83.5 cm³/mol. The molecule has 0 saturated carbocycles. The van der Waals surface area contributed by atoms with Gasteiger partial charge in [0.1, 0.15) is 5.75 Å². The second-order valence-electron chi connectivity index (χ2n) is 5.50. The standard InChI is InChI=1S/C16H26N2O2/c1-4-19-13-8-10-18(11-9-13)14-6-5-7-15(16(14)17)20-12(2)3/h5-7,12-13H,4,8-11,17H2,1-3H3. The highest BCUT2D eigenvalue weighted by Crippen LogP contribution is 2.34. The molecule has 1 saturated heterocycles. The van der Waals surface area contributed by atoms with Gasteiger partial charge in [-0.25, -0.2) is 0 Å². The van der Waals surface area contributed by atoms with E-state index in [0.717, 1.165) is 49.7 Å². The van der Waals surface area contributed by atoms with Crippen molar-refractivity contribution in [3.05, 3.63) is 18.2 Å². The average Bonchev–Trinajstić information content (AvgIpc) is 2.42. The second kappa shape index (κ2) is 6.84. The molecule has 1 heterocycles. The lowest BCUT2D eigenvalue weighted by molar-refractivity contribution is 0.0459. The summed E-state index contributed by atoms with van der Waals surface area (Å²) in [5.74, 6) is 0.782. The van der Waals surface area contributed by atoms with Crippen molar-refractivity contribution in [1.82, 2.24) is 0 Å². The van der Waals surface area contributed by atoms with Gasteiger partial charge in [0.15, 0.2) is 0 Å². The minimum Gasteiger partial charge on any atom is -0.489 e. The van der Waals surface area contributed by atoms with Crippen LogP contribution in [0.15, 0.2) is 18.2 Å². The molecule has 0 atom stereocenters. The Hall–Kier alpha value is -1.42. The van der Waals surface area contributed by atoms with E-state index in [1.807, 2.05) is 26.0 Å². The van der Waals surface area contributed by atoms with Crippen LogP contribution in [0.4, 0.5) is 11.4 Å². The SMILES string of the molecule is CCOC1CCN(c2cccc(OC(C)C)c2N)CC1. The van der Waals surface area contributed by atoms with E-state index in [-0.39, 0.29) is 6.10 Å². The van der Waals surface area contributed by atoms with Crippen LogP contribution in [0.2, 0.25) is 0 Å². The molecule has 20 heavy (non-hydrogen) atoms. The fourth-order valence-corrected chi connectivity index (χ4v) is 2.66. The maximum Gasteiger partial charge on any atom is 0.144 e. The molecule has 1 fully saturated rings. The lowest BCUT2D eigenvalue weighted by atomic mass is 10.1. The number of benzene rings is 1. The Morgan fingerprint density at radius 2 is 2.00 bits per heavy atom. The monoisotopic (exact) mass is 278 g/mol. The zero-order valence-corrected chi connectivity index (χ0v) is 12.8. The maximum atomic E-state index is 6.26. The number of nitrogens with two attached hydrogens (primary N) is 1. The first kappa shape index (κ1) is 15.0. The summed E-state index contributed by atoms with van der Waals surface area (Å²) in [6, 6.07) is 6.02. The van der Waals surface area contributed by atoms with E-state index in [1.54, 1.807) is 0 Å². The number of hydrogen-bond donors (Lipinski definition) is 1. The summed E-state index contributed by atoms with van der Waals surface area (Å²) in [5.41, 5.74) is 8.09. The number of nitrogens with zero attached hydrogens (tertiary/aromatic N) is 1. The van der Waals surface area contributed by atoms with Gasteiger partial charge < -0.3 is 20.1 Å². The lowest BCUT2D eigenvalue weighted by Crippen LogP contribution is -2.37. The first-order valence-corrected chi connectivity index (χ1v) is 7.53. The summed E-state index contributed by atoms with van der Waals surface area (Å²) in [7, 11) is 0. The molecule has 4 heteroatoms. The largest absolute Gasteiger partial charge is 0.489 e. The van der Waals surface area contributed by atoms with Gasteiger partial charge in [-0.1, -0.05) is 6.07 Å². The van der Waals surface area contributed by atoms with Crippen molar-refractivity contribution in [3.8, 4) is 5.75 Å². The van der Waals surface area contributed by atoms with Gasteiger partial charge in [0.25, 0.3) is 0 Å². The third-order valence-corrected chi connectivity index (χ3v) is 3.59. The summed E-state index contributed by atoms with van der Waals surface area (Å²) in [5, 5.41) is 0. The Morgan fingerprint density at radius 3 is 2.60 bits per heavy atom. The summed E-state index contributed by atoms with van der Waals surface area (Å²) in [4.78, 5) is 2.33. The van der Waals surface area contributed by atoms with E-state index in [9.17, 15) is 0 Å². The van der Waals surface area contributed by atoms with Crippen LogP contribution in [0.3, 0.4) is 0 Å². The van der Waals surface area contributed by atoms with Gasteiger partial charge >= 0.3 is 0 Å². The van der Waals surface area contributed by atoms with Crippen molar-refractivity contribution in [2.24, 2.45) is 0 Å². The van der Waals surface area contributed by atoms with Gasteiger partial charge in [0.05, 0.1) is 23.6 Å². The van der Waals surface area contributed by atoms with Gasteiger partial charge in [0.2, 0.25) is 0 Å². The molecule has 4 nitrogen and oxygen atoms in total. The van der Waals surface area contributed by atoms with E-state index < -0.39 is 0 Å². The normalized spacial score (nSPS) is 16.7. The van der Waals surface area contributed by atoms with Crippen molar-refractivity contribution in [1.29, 1.82) is 0 Å². The summed E-state index contributed by atoms with van der Waals surface area (Å²) in [6.07, 6.45) is 2.65. The minimum absolute atomic E-state index is 0.135.